The highest BCUT2D eigenvalue weighted by Crippen LogP contribution is 2.32. The summed E-state index contributed by atoms with van der Waals surface area (Å²) in [7, 11) is 0. The van der Waals surface area contributed by atoms with Crippen LogP contribution in [-0.2, 0) is 4.79 Å². The van der Waals surface area contributed by atoms with Crippen LogP contribution in [0.15, 0.2) is 12.4 Å². The van der Waals surface area contributed by atoms with Crippen molar-refractivity contribution in [3.05, 3.63) is 23.8 Å². The second-order valence-corrected chi connectivity index (χ2v) is 4.17. The van der Waals surface area contributed by atoms with Crippen LogP contribution in [-0.4, -0.2) is 33.0 Å². The minimum Gasteiger partial charge on any atom is -0.480 e. The van der Waals surface area contributed by atoms with E-state index >= 15 is 0 Å². The quantitative estimate of drug-likeness (QED) is 0.787. The van der Waals surface area contributed by atoms with Gasteiger partial charge in [-0.05, 0) is 25.7 Å². The molecule has 0 bridgehead atoms. The molecule has 1 aliphatic rings. The average Bonchev–Trinajstić information content (AvgIpc) is 3.10. The topological polar surface area (TPSA) is 92.2 Å². The van der Waals surface area contributed by atoms with Gasteiger partial charge in [-0.15, -0.1) is 0 Å². The van der Waals surface area contributed by atoms with Gasteiger partial charge in [0.2, 0.25) is 0 Å². The van der Waals surface area contributed by atoms with Gasteiger partial charge in [-0.25, -0.2) is 9.78 Å². The summed E-state index contributed by atoms with van der Waals surface area (Å²) in [5.41, 5.74) is 0.848. The van der Waals surface area contributed by atoms with Gasteiger partial charge >= 0.3 is 5.97 Å². The molecule has 1 heterocycles. The number of carboxylic acids is 1. The normalized spacial score (nSPS) is 16.3. The number of hydrogen-bond acceptors (Lipinski definition) is 4. The van der Waals surface area contributed by atoms with E-state index in [-0.39, 0.29) is 11.6 Å². The Hall–Kier alpha value is -1.98. The third-order valence-electron chi connectivity index (χ3n) is 2.66. The number of amides is 1. The molecule has 1 amide bonds. The molecule has 2 N–H and O–H groups in total. The number of carboxylic acid groups (broad SMARTS) is 1. The van der Waals surface area contributed by atoms with Crippen LogP contribution in [0.5, 0.6) is 0 Å². The molecule has 1 atom stereocenters. The molecule has 6 heteroatoms. The molecular formula is C11H13N3O3. The van der Waals surface area contributed by atoms with Crippen molar-refractivity contribution in [3.63, 3.8) is 0 Å². The molecule has 17 heavy (non-hydrogen) atoms. The molecule has 0 radical (unpaired) electrons. The standard InChI is InChI=1S/C11H13N3O3/c1-6-4-13-8(5-12-6)10(15)14-9(11(16)17)7-2-3-7/h4-5,7,9H,2-3H2,1H3,(H,14,15)(H,16,17)/t9-/m0/s1. The Kier molecular flexibility index (Phi) is 3.03. The maximum atomic E-state index is 11.7. The maximum absolute atomic E-state index is 11.7. The van der Waals surface area contributed by atoms with Gasteiger partial charge in [-0.1, -0.05) is 0 Å². The minimum atomic E-state index is -0.999. The van der Waals surface area contributed by atoms with E-state index in [4.69, 9.17) is 5.11 Å². The van der Waals surface area contributed by atoms with E-state index < -0.39 is 17.9 Å². The van der Waals surface area contributed by atoms with Crippen molar-refractivity contribution in [2.45, 2.75) is 25.8 Å². The van der Waals surface area contributed by atoms with Crippen molar-refractivity contribution in [2.75, 3.05) is 0 Å². The smallest absolute Gasteiger partial charge is 0.326 e. The summed E-state index contributed by atoms with van der Waals surface area (Å²) in [6, 6.07) is -0.814. The summed E-state index contributed by atoms with van der Waals surface area (Å²) in [4.78, 5) is 30.5. The zero-order valence-corrected chi connectivity index (χ0v) is 9.38. The Labute approximate surface area is 98.1 Å². The van der Waals surface area contributed by atoms with Crippen LogP contribution in [0.4, 0.5) is 0 Å². The third-order valence-corrected chi connectivity index (χ3v) is 2.66. The first kappa shape index (κ1) is 11.5. The van der Waals surface area contributed by atoms with Crippen LogP contribution in [0, 0.1) is 12.8 Å². The van der Waals surface area contributed by atoms with Crippen molar-refractivity contribution in [3.8, 4) is 0 Å². The second kappa shape index (κ2) is 4.48. The van der Waals surface area contributed by atoms with Crippen molar-refractivity contribution in [1.29, 1.82) is 0 Å². The van der Waals surface area contributed by atoms with Gasteiger partial charge in [0.15, 0.2) is 0 Å². The van der Waals surface area contributed by atoms with E-state index in [1.807, 2.05) is 0 Å². The van der Waals surface area contributed by atoms with Gasteiger partial charge < -0.3 is 10.4 Å². The number of hydrogen-bond donors (Lipinski definition) is 2. The van der Waals surface area contributed by atoms with E-state index in [1.165, 1.54) is 12.4 Å². The van der Waals surface area contributed by atoms with Crippen molar-refractivity contribution in [2.24, 2.45) is 5.92 Å². The summed E-state index contributed by atoms with van der Waals surface area (Å²) in [6.07, 6.45) is 4.51. The number of carbonyl (C=O) groups is 2. The van der Waals surface area contributed by atoms with Crippen molar-refractivity contribution >= 4 is 11.9 Å². The molecule has 1 fully saturated rings. The lowest BCUT2D eigenvalue weighted by Gasteiger charge is -2.12. The summed E-state index contributed by atoms with van der Waals surface area (Å²) >= 11 is 0. The molecular weight excluding hydrogens is 222 g/mol. The maximum Gasteiger partial charge on any atom is 0.326 e. The van der Waals surface area contributed by atoms with Gasteiger partial charge in [-0.3, -0.25) is 9.78 Å². The summed E-state index contributed by atoms with van der Waals surface area (Å²) in [5, 5.41) is 11.4. The van der Waals surface area contributed by atoms with Crippen molar-refractivity contribution < 1.29 is 14.7 Å². The third kappa shape index (κ3) is 2.77. The molecule has 2 rings (SSSR count). The molecule has 0 unspecified atom stereocenters. The second-order valence-electron chi connectivity index (χ2n) is 4.17. The molecule has 1 aromatic heterocycles. The number of rotatable bonds is 4. The number of aryl methyl sites for hydroxylation is 1. The van der Waals surface area contributed by atoms with Gasteiger partial charge in [0, 0.05) is 6.20 Å². The Morgan fingerprint density at radius 2 is 2.12 bits per heavy atom. The Bertz CT molecular complexity index is 440. The Morgan fingerprint density at radius 1 is 1.41 bits per heavy atom. The van der Waals surface area contributed by atoms with Crippen LogP contribution in [0.3, 0.4) is 0 Å². The van der Waals surface area contributed by atoms with Gasteiger partial charge in [0.25, 0.3) is 5.91 Å². The fourth-order valence-corrected chi connectivity index (χ4v) is 1.54. The fraction of sp³-hybridized carbons (Fsp3) is 0.455. The lowest BCUT2D eigenvalue weighted by molar-refractivity contribution is -0.139. The summed E-state index contributed by atoms with van der Waals surface area (Å²) in [6.45, 7) is 1.76. The van der Waals surface area contributed by atoms with Gasteiger partial charge in [-0.2, -0.15) is 0 Å². The number of aromatic nitrogens is 2. The Morgan fingerprint density at radius 3 is 2.59 bits per heavy atom. The lowest BCUT2D eigenvalue weighted by Crippen LogP contribution is -2.42. The number of carbonyl (C=O) groups excluding carboxylic acids is 1. The van der Waals surface area contributed by atoms with Crippen LogP contribution in [0.1, 0.15) is 29.0 Å². The molecule has 0 spiro atoms. The van der Waals surface area contributed by atoms with Crippen LogP contribution < -0.4 is 5.32 Å². The zero-order valence-electron chi connectivity index (χ0n) is 9.38. The SMILES string of the molecule is Cc1cnc(C(=O)N[C@H](C(=O)O)C2CC2)cn1. The number of nitrogens with zero attached hydrogens (tertiary/aromatic N) is 2. The van der Waals surface area contributed by atoms with E-state index in [9.17, 15) is 9.59 Å². The first-order valence-electron chi connectivity index (χ1n) is 5.40. The minimum absolute atomic E-state index is 0.0508. The number of nitrogens with one attached hydrogen (secondary N) is 1. The van der Waals surface area contributed by atoms with Crippen molar-refractivity contribution in [1.82, 2.24) is 15.3 Å². The first-order chi connectivity index (χ1) is 8.08. The highest BCUT2D eigenvalue weighted by Gasteiger charge is 2.37. The highest BCUT2D eigenvalue weighted by molar-refractivity contribution is 5.94. The van der Waals surface area contributed by atoms with Gasteiger partial charge in [0.05, 0.1) is 11.9 Å². The summed E-state index contributed by atoms with van der Waals surface area (Å²) in [5.74, 6) is -1.44. The van der Waals surface area contributed by atoms with Crippen LogP contribution >= 0.6 is 0 Å². The predicted octanol–water partition coefficient (Wildman–Crippen LogP) is 0.378. The molecule has 1 aromatic rings. The molecule has 1 aliphatic carbocycles. The monoisotopic (exact) mass is 235 g/mol. The predicted molar refractivity (Wildman–Crippen MR) is 58.4 cm³/mol. The van der Waals surface area contributed by atoms with Gasteiger partial charge in [0.1, 0.15) is 11.7 Å². The largest absolute Gasteiger partial charge is 0.480 e. The van der Waals surface area contributed by atoms with Crippen LogP contribution in [0.2, 0.25) is 0 Å². The van der Waals surface area contributed by atoms with Crippen LogP contribution in [0.25, 0.3) is 0 Å². The zero-order chi connectivity index (χ0) is 12.4. The average molecular weight is 235 g/mol. The number of aliphatic carboxylic acids is 1. The molecule has 0 saturated heterocycles. The fourth-order valence-electron chi connectivity index (χ4n) is 1.54. The van der Waals surface area contributed by atoms with E-state index in [2.05, 4.69) is 15.3 Å². The van der Waals surface area contributed by atoms with E-state index in [0.717, 1.165) is 12.8 Å². The van der Waals surface area contributed by atoms with E-state index in [0.29, 0.717) is 5.69 Å². The summed E-state index contributed by atoms with van der Waals surface area (Å²) < 4.78 is 0. The first-order valence-corrected chi connectivity index (χ1v) is 5.40. The molecule has 0 aliphatic heterocycles. The molecule has 6 nitrogen and oxygen atoms in total. The Balaban J connectivity index is 2.04. The molecule has 1 saturated carbocycles. The molecule has 90 valence electrons. The van der Waals surface area contributed by atoms with E-state index in [1.54, 1.807) is 6.92 Å². The lowest BCUT2D eigenvalue weighted by atomic mass is 10.2. The highest BCUT2D eigenvalue weighted by atomic mass is 16.4. The molecule has 0 aromatic carbocycles.